The monoisotopic (exact) mass is 494 g/mol. The molecule has 2 fully saturated rings. The molecule has 1 N–H and O–H groups in total. The van der Waals surface area contributed by atoms with Crippen LogP contribution in [0.15, 0.2) is 36.4 Å². The van der Waals surface area contributed by atoms with Crippen LogP contribution in [-0.2, 0) is 14.2 Å². The summed E-state index contributed by atoms with van der Waals surface area (Å²) in [6.45, 7) is 2.84. The Labute approximate surface area is 213 Å². The van der Waals surface area contributed by atoms with Crippen molar-refractivity contribution in [3.63, 3.8) is 0 Å². The number of ether oxygens (including phenoxy) is 5. The van der Waals surface area contributed by atoms with Gasteiger partial charge in [-0.15, -0.1) is 0 Å². The van der Waals surface area contributed by atoms with Crippen LogP contribution in [0.4, 0.5) is 0 Å². The number of aliphatic hydroxyl groups excluding tert-OH is 1. The van der Waals surface area contributed by atoms with E-state index in [9.17, 15) is 5.11 Å². The Morgan fingerprint density at radius 1 is 0.722 bits per heavy atom. The lowest BCUT2D eigenvalue weighted by Crippen LogP contribution is -2.41. The second-order valence-electron chi connectivity index (χ2n) is 11.0. The van der Waals surface area contributed by atoms with Gasteiger partial charge in [0.2, 0.25) is 0 Å². The number of benzene rings is 2. The van der Waals surface area contributed by atoms with Gasteiger partial charge in [0.05, 0.1) is 45.1 Å². The maximum atomic E-state index is 10.2. The highest BCUT2D eigenvalue weighted by Gasteiger charge is 2.43. The van der Waals surface area contributed by atoms with E-state index in [1.807, 2.05) is 0 Å². The first-order valence-corrected chi connectivity index (χ1v) is 13.5. The Hall–Kier alpha value is -2.12. The minimum Gasteiger partial charge on any atom is -0.491 e. The Bertz CT molecular complexity index is 933. The van der Waals surface area contributed by atoms with Crippen LogP contribution >= 0.6 is 0 Å². The molecule has 7 rings (SSSR count). The summed E-state index contributed by atoms with van der Waals surface area (Å²) in [4.78, 5) is 0. The largest absolute Gasteiger partial charge is 0.491 e. The third-order valence-electron chi connectivity index (χ3n) is 8.85. The lowest BCUT2D eigenvalue weighted by Gasteiger charge is -2.44. The van der Waals surface area contributed by atoms with Crippen molar-refractivity contribution in [1.82, 2.24) is 0 Å². The van der Waals surface area contributed by atoms with Gasteiger partial charge in [-0.2, -0.15) is 0 Å². The minimum absolute atomic E-state index is 0.0742. The maximum Gasteiger partial charge on any atom is 0.126 e. The summed E-state index contributed by atoms with van der Waals surface area (Å²) >= 11 is 0. The number of para-hydroxylation sites is 2. The Balaban J connectivity index is 1.40. The van der Waals surface area contributed by atoms with Gasteiger partial charge in [0.15, 0.2) is 0 Å². The third-order valence-corrected chi connectivity index (χ3v) is 8.85. The molecule has 3 aliphatic carbocycles. The number of rotatable bonds is 3. The molecule has 0 aromatic heterocycles. The minimum atomic E-state index is -0.610. The molecule has 0 unspecified atom stereocenters. The van der Waals surface area contributed by atoms with Gasteiger partial charge >= 0.3 is 0 Å². The zero-order chi connectivity index (χ0) is 24.5. The fourth-order valence-corrected chi connectivity index (χ4v) is 6.69. The van der Waals surface area contributed by atoms with E-state index in [4.69, 9.17) is 23.7 Å². The van der Waals surface area contributed by atoms with E-state index in [0.29, 0.717) is 69.9 Å². The van der Waals surface area contributed by atoms with Gasteiger partial charge in [0.1, 0.15) is 24.7 Å². The van der Waals surface area contributed by atoms with Crippen LogP contribution in [0, 0.1) is 5.41 Å². The average molecular weight is 495 g/mol. The molecule has 6 heteroatoms. The highest BCUT2D eigenvalue weighted by Crippen LogP contribution is 2.60. The molecule has 194 valence electrons. The molecule has 2 aromatic carbocycles. The summed E-state index contributed by atoms with van der Waals surface area (Å²) in [7, 11) is 1.64. The van der Waals surface area contributed by atoms with Crippen molar-refractivity contribution < 1.29 is 28.8 Å². The van der Waals surface area contributed by atoms with Crippen LogP contribution in [0.2, 0.25) is 0 Å². The SMILES string of the molecule is COCC1(CO)COCCOc2c3cccc2[C@@H]2CC[C@@H]2c2cccc(c2OCCOC1)[C@@H]1CC[C@H]31. The summed E-state index contributed by atoms with van der Waals surface area (Å²) < 4.78 is 30.6. The molecule has 4 atom stereocenters. The third kappa shape index (κ3) is 4.22. The fraction of sp³-hybridized carbons (Fsp3) is 0.600. The van der Waals surface area contributed by atoms with E-state index in [-0.39, 0.29) is 6.61 Å². The topological polar surface area (TPSA) is 66.4 Å². The predicted molar refractivity (Wildman–Crippen MR) is 136 cm³/mol. The lowest BCUT2D eigenvalue weighted by atomic mass is 9.61. The molecule has 5 aliphatic rings. The molecule has 0 radical (unpaired) electrons. The number of methoxy groups -OCH3 is 1. The zero-order valence-electron chi connectivity index (χ0n) is 21.2. The molecule has 6 bridgehead atoms. The number of hydrogen-bond donors (Lipinski definition) is 1. The Morgan fingerprint density at radius 3 is 1.47 bits per heavy atom. The predicted octanol–water partition coefficient (Wildman–Crippen LogP) is 4.75. The number of fused-ring (bicyclic) bond motifs is 10. The number of aliphatic hydroxyl groups is 1. The molecule has 0 spiro atoms. The smallest absolute Gasteiger partial charge is 0.126 e. The van der Waals surface area contributed by atoms with Gasteiger partial charge in [-0.25, -0.2) is 0 Å². The first kappa shape index (κ1) is 24.2. The molecule has 2 heterocycles. The molecule has 2 aliphatic heterocycles. The van der Waals surface area contributed by atoms with Crippen LogP contribution in [0.1, 0.15) is 71.6 Å². The van der Waals surface area contributed by atoms with E-state index in [1.165, 1.54) is 22.3 Å². The van der Waals surface area contributed by atoms with Gasteiger partial charge in [0, 0.05) is 7.11 Å². The normalized spacial score (nSPS) is 31.7. The summed E-state index contributed by atoms with van der Waals surface area (Å²) in [6, 6.07) is 13.5. The number of hydrogen-bond acceptors (Lipinski definition) is 6. The molecule has 2 saturated carbocycles. The van der Waals surface area contributed by atoms with Gasteiger partial charge < -0.3 is 28.8 Å². The highest BCUT2D eigenvalue weighted by molar-refractivity contribution is 5.56. The van der Waals surface area contributed by atoms with Crippen molar-refractivity contribution in [2.75, 3.05) is 60.0 Å². The van der Waals surface area contributed by atoms with Crippen LogP contribution in [0.5, 0.6) is 11.5 Å². The summed E-state index contributed by atoms with van der Waals surface area (Å²) in [5.41, 5.74) is 4.74. The van der Waals surface area contributed by atoms with Crippen LogP contribution < -0.4 is 9.47 Å². The Kier molecular flexibility index (Phi) is 6.95. The first-order valence-electron chi connectivity index (χ1n) is 13.5. The molecule has 6 nitrogen and oxygen atoms in total. The summed E-state index contributed by atoms with van der Waals surface area (Å²) in [6.07, 6.45) is 4.66. The summed E-state index contributed by atoms with van der Waals surface area (Å²) in [5.74, 6) is 3.90. The van der Waals surface area contributed by atoms with Crippen molar-refractivity contribution in [3.8, 4) is 11.5 Å². The Morgan fingerprint density at radius 2 is 1.14 bits per heavy atom. The second kappa shape index (κ2) is 10.3. The van der Waals surface area contributed by atoms with Gasteiger partial charge in [-0.05, 0) is 71.6 Å². The first-order chi connectivity index (χ1) is 17.7. The zero-order valence-corrected chi connectivity index (χ0v) is 21.2. The molecule has 36 heavy (non-hydrogen) atoms. The van der Waals surface area contributed by atoms with E-state index in [2.05, 4.69) is 36.4 Å². The quantitative estimate of drug-likeness (QED) is 0.664. The molecular weight excluding hydrogens is 456 g/mol. The molecule has 2 aromatic rings. The molecule has 0 amide bonds. The summed E-state index contributed by atoms with van der Waals surface area (Å²) in [5, 5.41) is 10.2. The van der Waals surface area contributed by atoms with Gasteiger partial charge in [0.25, 0.3) is 0 Å². The second-order valence-corrected chi connectivity index (χ2v) is 11.0. The van der Waals surface area contributed by atoms with Crippen molar-refractivity contribution in [1.29, 1.82) is 0 Å². The van der Waals surface area contributed by atoms with Crippen molar-refractivity contribution >= 4 is 0 Å². The molecule has 0 saturated heterocycles. The lowest BCUT2D eigenvalue weighted by molar-refractivity contribution is -0.0897. The van der Waals surface area contributed by atoms with Crippen molar-refractivity contribution in [2.45, 2.75) is 49.4 Å². The fourth-order valence-electron chi connectivity index (χ4n) is 6.69. The van der Waals surface area contributed by atoms with Crippen LogP contribution in [0.3, 0.4) is 0 Å². The highest BCUT2D eigenvalue weighted by atomic mass is 16.5. The van der Waals surface area contributed by atoms with Crippen molar-refractivity contribution in [3.05, 3.63) is 58.7 Å². The molecular formula is C30H38O6. The van der Waals surface area contributed by atoms with E-state index in [0.717, 1.165) is 37.2 Å². The maximum absolute atomic E-state index is 10.2. The van der Waals surface area contributed by atoms with Crippen molar-refractivity contribution in [2.24, 2.45) is 5.41 Å². The van der Waals surface area contributed by atoms with Crippen LogP contribution in [-0.4, -0.2) is 65.1 Å². The standard InChI is InChI=1S/C30H38O6/c1-32-17-30(16-31)18-33-12-14-35-28-24-4-2-5-25(28)21-9-11-23(21)27-7-3-6-26(22-10-8-20(22)24)29(27)36-15-13-34-19-30/h2-7,20-23,31H,8-19H2,1H3/t20-,21+,22+,23-,30?. The van der Waals surface area contributed by atoms with E-state index < -0.39 is 5.41 Å². The van der Waals surface area contributed by atoms with E-state index in [1.54, 1.807) is 7.11 Å². The van der Waals surface area contributed by atoms with E-state index >= 15 is 0 Å². The average Bonchev–Trinajstić information content (AvgIpc) is 2.84. The van der Waals surface area contributed by atoms with Crippen LogP contribution in [0.25, 0.3) is 0 Å². The van der Waals surface area contributed by atoms with Gasteiger partial charge in [-0.1, -0.05) is 36.4 Å². The van der Waals surface area contributed by atoms with Gasteiger partial charge in [-0.3, -0.25) is 0 Å².